The zero-order valence-corrected chi connectivity index (χ0v) is 5.35. The molecular formula is C7H14O. The van der Waals surface area contributed by atoms with Crippen LogP contribution in [0.5, 0.6) is 0 Å². The van der Waals surface area contributed by atoms with Gasteiger partial charge in [0.1, 0.15) is 0 Å². The van der Waals surface area contributed by atoms with Crippen molar-refractivity contribution >= 4 is 0 Å². The van der Waals surface area contributed by atoms with E-state index in [1.54, 1.807) is 0 Å². The van der Waals surface area contributed by atoms with Gasteiger partial charge in [0.05, 0.1) is 5.60 Å². The van der Waals surface area contributed by atoms with Crippen molar-refractivity contribution < 1.29 is 6.48 Å². The molecule has 0 atom stereocenters. The molecule has 0 aromatic carbocycles. The maximum Gasteiger partial charge on any atom is 0.0619 e. The van der Waals surface area contributed by atoms with Crippen LogP contribution in [-0.4, -0.2) is 10.7 Å². The van der Waals surface area contributed by atoms with Gasteiger partial charge in [-0.15, -0.1) is 0 Å². The molecule has 1 fully saturated rings. The third kappa shape index (κ3) is 1.48. The first-order chi connectivity index (χ1) is 4.10. The van der Waals surface area contributed by atoms with E-state index < -0.39 is 5.60 Å². The summed E-state index contributed by atoms with van der Waals surface area (Å²) in [5.41, 5.74) is -0.461. The predicted octanol–water partition coefficient (Wildman–Crippen LogP) is 1.70. The summed E-state index contributed by atoms with van der Waals surface area (Å²) < 4.78 is 7.34. The Morgan fingerprint density at radius 1 is 1.50 bits per heavy atom. The van der Waals surface area contributed by atoms with Crippen molar-refractivity contribution in [3.63, 3.8) is 0 Å². The standard InChI is InChI=1S/C7H14O/c1-7(8)5-3-2-4-6-7/h8H,2-6H2,1H3/i2D. The number of rotatable bonds is 0. The molecule has 0 aromatic heterocycles. The molecule has 0 heterocycles. The molecule has 1 rings (SSSR count). The molecule has 0 bridgehead atoms. The Hall–Kier alpha value is -0.0400. The van der Waals surface area contributed by atoms with Gasteiger partial charge in [0, 0.05) is 1.37 Å². The number of hydrogen-bond donors (Lipinski definition) is 1. The van der Waals surface area contributed by atoms with Crippen LogP contribution in [0.15, 0.2) is 0 Å². The Morgan fingerprint density at radius 3 is 2.38 bits per heavy atom. The van der Waals surface area contributed by atoms with E-state index >= 15 is 0 Å². The van der Waals surface area contributed by atoms with Crippen LogP contribution in [0.1, 0.15) is 40.4 Å². The average Bonchev–Trinajstić information content (AvgIpc) is 1.78. The van der Waals surface area contributed by atoms with Crippen molar-refractivity contribution in [2.45, 2.75) is 44.6 Å². The molecule has 1 aliphatic rings. The molecule has 1 heteroatoms. The van der Waals surface area contributed by atoms with Crippen molar-refractivity contribution in [3.05, 3.63) is 0 Å². The van der Waals surface area contributed by atoms with Crippen LogP contribution < -0.4 is 0 Å². The molecule has 1 saturated carbocycles. The van der Waals surface area contributed by atoms with Crippen molar-refractivity contribution in [1.29, 1.82) is 0 Å². The topological polar surface area (TPSA) is 20.2 Å². The van der Waals surface area contributed by atoms with Gasteiger partial charge in [-0.25, -0.2) is 0 Å². The Bertz CT molecular complexity index is 91.1. The summed E-state index contributed by atoms with van der Waals surface area (Å²) in [5, 5.41) is 9.41. The maximum absolute atomic E-state index is 9.41. The van der Waals surface area contributed by atoms with Crippen molar-refractivity contribution in [2.24, 2.45) is 0 Å². The van der Waals surface area contributed by atoms with Crippen molar-refractivity contribution in [2.75, 3.05) is 0 Å². The van der Waals surface area contributed by atoms with Gasteiger partial charge in [-0.2, -0.15) is 0 Å². The maximum atomic E-state index is 9.41. The SMILES string of the molecule is [2H]C1CCC(C)(O)CC1. The van der Waals surface area contributed by atoms with Gasteiger partial charge in [-0.05, 0) is 19.8 Å². The molecule has 1 aliphatic carbocycles. The lowest BCUT2D eigenvalue weighted by Crippen LogP contribution is -2.26. The van der Waals surface area contributed by atoms with Gasteiger partial charge in [0.15, 0.2) is 0 Å². The van der Waals surface area contributed by atoms with E-state index in [1.807, 2.05) is 6.92 Å². The van der Waals surface area contributed by atoms with Crippen LogP contribution in [0.4, 0.5) is 0 Å². The first kappa shape index (κ1) is 4.80. The van der Waals surface area contributed by atoms with Crippen LogP contribution in [0, 0.1) is 0 Å². The summed E-state index contributed by atoms with van der Waals surface area (Å²) in [6.07, 6.45) is 3.44. The number of hydrogen-bond acceptors (Lipinski definition) is 1. The Morgan fingerprint density at radius 2 is 2.00 bits per heavy atom. The van der Waals surface area contributed by atoms with E-state index in [1.165, 1.54) is 0 Å². The molecule has 1 nitrogen and oxygen atoms in total. The zero-order valence-electron chi connectivity index (χ0n) is 6.35. The lowest BCUT2D eigenvalue weighted by molar-refractivity contribution is 0.0225. The summed E-state index contributed by atoms with van der Waals surface area (Å²) in [4.78, 5) is 0. The predicted molar refractivity (Wildman–Crippen MR) is 33.7 cm³/mol. The van der Waals surface area contributed by atoms with Gasteiger partial charge in [0.2, 0.25) is 0 Å². The second-order valence-electron chi connectivity index (χ2n) is 2.86. The van der Waals surface area contributed by atoms with E-state index in [4.69, 9.17) is 1.37 Å². The third-order valence-corrected chi connectivity index (χ3v) is 1.77. The van der Waals surface area contributed by atoms with Gasteiger partial charge in [-0.3, -0.25) is 0 Å². The van der Waals surface area contributed by atoms with Crippen molar-refractivity contribution in [3.8, 4) is 0 Å². The van der Waals surface area contributed by atoms with Crippen LogP contribution >= 0.6 is 0 Å². The first-order valence-corrected chi connectivity index (χ1v) is 3.25. The van der Waals surface area contributed by atoms with Crippen LogP contribution in [0.2, 0.25) is 0 Å². The fourth-order valence-corrected chi connectivity index (χ4v) is 1.10. The second-order valence-corrected chi connectivity index (χ2v) is 2.86. The zero-order chi connectivity index (χ0) is 6.91. The lowest BCUT2D eigenvalue weighted by atomic mass is 9.87. The molecule has 8 heavy (non-hydrogen) atoms. The van der Waals surface area contributed by atoms with E-state index in [0.29, 0.717) is 0 Å². The largest absolute Gasteiger partial charge is 0.390 e. The highest BCUT2D eigenvalue weighted by Gasteiger charge is 2.22. The van der Waals surface area contributed by atoms with Crippen LogP contribution in [-0.2, 0) is 0 Å². The van der Waals surface area contributed by atoms with Crippen LogP contribution in [0.3, 0.4) is 0 Å². The van der Waals surface area contributed by atoms with Gasteiger partial charge in [0.25, 0.3) is 0 Å². The van der Waals surface area contributed by atoms with E-state index in [9.17, 15) is 5.11 Å². The lowest BCUT2D eigenvalue weighted by Gasteiger charge is -2.27. The molecule has 0 radical (unpaired) electrons. The summed E-state index contributed by atoms with van der Waals surface area (Å²) in [7, 11) is 0. The fraction of sp³-hybridized carbons (Fsp3) is 1.00. The van der Waals surface area contributed by atoms with E-state index in [-0.39, 0.29) is 6.40 Å². The Balaban J connectivity index is 2.35. The molecule has 0 spiro atoms. The van der Waals surface area contributed by atoms with Gasteiger partial charge < -0.3 is 5.11 Å². The van der Waals surface area contributed by atoms with Gasteiger partial charge in [-0.1, -0.05) is 19.2 Å². The first-order valence-electron chi connectivity index (χ1n) is 3.82. The van der Waals surface area contributed by atoms with Crippen LogP contribution in [0.25, 0.3) is 0 Å². The molecule has 0 aromatic rings. The highest BCUT2D eigenvalue weighted by Crippen LogP contribution is 2.26. The quantitative estimate of drug-likeness (QED) is 0.509. The molecule has 48 valence electrons. The molecule has 0 unspecified atom stereocenters. The second kappa shape index (κ2) is 2.06. The van der Waals surface area contributed by atoms with E-state index in [0.717, 1.165) is 25.7 Å². The average molecular weight is 115 g/mol. The molecular weight excluding hydrogens is 100 g/mol. The highest BCUT2D eigenvalue weighted by atomic mass is 16.3. The summed E-state index contributed by atoms with van der Waals surface area (Å²) in [5.74, 6) is 0. The summed E-state index contributed by atoms with van der Waals surface area (Å²) in [6.45, 7) is 1.86. The molecule has 0 amide bonds. The Labute approximate surface area is 52.1 Å². The minimum atomic E-state index is -0.461. The fourth-order valence-electron chi connectivity index (χ4n) is 1.10. The normalized spacial score (nSPS) is 50.8. The molecule has 0 saturated heterocycles. The third-order valence-electron chi connectivity index (χ3n) is 1.77. The smallest absolute Gasteiger partial charge is 0.0619 e. The number of aliphatic hydroxyl groups is 1. The van der Waals surface area contributed by atoms with Gasteiger partial charge >= 0.3 is 0 Å². The monoisotopic (exact) mass is 115 g/mol. The molecule has 0 aliphatic heterocycles. The highest BCUT2D eigenvalue weighted by molar-refractivity contribution is 4.76. The Kier molecular flexibility index (Phi) is 1.24. The van der Waals surface area contributed by atoms with Crippen molar-refractivity contribution in [1.82, 2.24) is 0 Å². The molecule has 1 N–H and O–H groups in total. The minimum absolute atomic E-state index is 0.0882. The summed E-state index contributed by atoms with van der Waals surface area (Å²) >= 11 is 0. The minimum Gasteiger partial charge on any atom is -0.390 e. The summed E-state index contributed by atoms with van der Waals surface area (Å²) in [6, 6.07) is 0. The van der Waals surface area contributed by atoms with E-state index in [2.05, 4.69) is 0 Å².